The smallest absolute Gasteiger partial charge is 0.330 e. The zero-order valence-corrected chi connectivity index (χ0v) is 15.9. The number of H-pyrrole nitrogens is 1. The number of amides is 1. The van der Waals surface area contributed by atoms with E-state index in [1.807, 2.05) is 0 Å². The fourth-order valence-electron chi connectivity index (χ4n) is 3.59. The number of nitrogens with one attached hydrogen (secondary N) is 1. The van der Waals surface area contributed by atoms with E-state index in [4.69, 9.17) is 9.47 Å². The van der Waals surface area contributed by atoms with E-state index in [0.717, 1.165) is 0 Å². The van der Waals surface area contributed by atoms with Crippen LogP contribution in [0, 0.1) is 6.92 Å². The quantitative estimate of drug-likeness (QED) is 0.620. The highest BCUT2D eigenvalue weighted by Crippen LogP contribution is 2.35. The minimum Gasteiger partial charge on any atom is -0.394 e. The minimum atomic E-state index is -0.692. The molecule has 2 aromatic heterocycles. The number of morpholine rings is 1. The van der Waals surface area contributed by atoms with Crippen LogP contribution in [0.15, 0.2) is 22.0 Å². The Balaban J connectivity index is 1.55. The fourth-order valence-corrected chi connectivity index (χ4v) is 3.59. The maximum absolute atomic E-state index is 12.6. The number of rotatable bonds is 4. The molecular formula is C17H22N6O6. The van der Waals surface area contributed by atoms with Crippen molar-refractivity contribution in [2.75, 3.05) is 32.9 Å². The highest BCUT2D eigenvalue weighted by molar-refractivity contribution is 5.92. The van der Waals surface area contributed by atoms with E-state index in [1.54, 1.807) is 11.8 Å². The molecule has 156 valence electrons. The van der Waals surface area contributed by atoms with Crippen molar-refractivity contribution in [1.82, 2.24) is 29.4 Å². The largest absolute Gasteiger partial charge is 0.394 e. The summed E-state index contributed by atoms with van der Waals surface area (Å²) in [5.41, 5.74) is -0.479. The molecule has 0 bridgehead atoms. The maximum Gasteiger partial charge on any atom is 0.330 e. The lowest BCUT2D eigenvalue weighted by molar-refractivity contribution is -0.0323. The highest BCUT2D eigenvalue weighted by atomic mass is 16.5. The third-order valence-electron chi connectivity index (χ3n) is 5.21. The van der Waals surface area contributed by atoms with E-state index in [0.29, 0.717) is 38.3 Å². The molecule has 12 heteroatoms. The Hall–Kier alpha value is -2.83. The molecule has 0 unspecified atom stereocenters. The van der Waals surface area contributed by atoms with Crippen LogP contribution >= 0.6 is 0 Å². The molecule has 2 aliphatic heterocycles. The molecule has 2 N–H and O–H groups in total. The molecule has 2 aromatic rings. The number of hydrogen-bond acceptors (Lipinski definition) is 8. The second-order valence-corrected chi connectivity index (χ2v) is 7.08. The Morgan fingerprint density at radius 3 is 2.79 bits per heavy atom. The van der Waals surface area contributed by atoms with Crippen molar-refractivity contribution < 1.29 is 19.4 Å². The Labute approximate surface area is 164 Å². The second kappa shape index (κ2) is 7.89. The molecule has 3 atom stereocenters. The van der Waals surface area contributed by atoms with E-state index < -0.39 is 29.6 Å². The SMILES string of the molecule is Cc1cn([C@H]2C[C@H](n3cc(C(=O)N4CCOCC4)nn3)[C@@H](CO)O2)c(=O)[nH]c1=O. The summed E-state index contributed by atoms with van der Waals surface area (Å²) in [5, 5.41) is 17.7. The zero-order chi connectivity index (χ0) is 20.5. The summed E-state index contributed by atoms with van der Waals surface area (Å²) >= 11 is 0. The molecule has 2 fully saturated rings. The Morgan fingerprint density at radius 2 is 2.07 bits per heavy atom. The van der Waals surface area contributed by atoms with Gasteiger partial charge in [-0.2, -0.15) is 0 Å². The summed E-state index contributed by atoms with van der Waals surface area (Å²) in [6.45, 7) is 3.24. The van der Waals surface area contributed by atoms with Crippen LogP contribution in [-0.2, 0) is 9.47 Å². The molecule has 2 saturated heterocycles. The second-order valence-electron chi connectivity index (χ2n) is 7.08. The van der Waals surface area contributed by atoms with Crippen molar-refractivity contribution in [3.63, 3.8) is 0 Å². The van der Waals surface area contributed by atoms with Crippen molar-refractivity contribution >= 4 is 5.91 Å². The average molecular weight is 406 g/mol. The van der Waals surface area contributed by atoms with Gasteiger partial charge in [0.05, 0.1) is 32.1 Å². The van der Waals surface area contributed by atoms with Gasteiger partial charge in [-0.1, -0.05) is 5.21 Å². The van der Waals surface area contributed by atoms with Crippen molar-refractivity contribution in [2.45, 2.75) is 31.7 Å². The van der Waals surface area contributed by atoms with Gasteiger partial charge in [-0.25, -0.2) is 9.48 Å². The molecule has 4 rings (SSSR count). The molecule has 4 heterocycles. The molecule has 0 aromatic carbocycles. The Morgan fingerprint density at radius 1 is 1.31 bits per heavy atom. The van der Waals surface area contributed by atoms with E-state index in [2.05, 4.69) is 15.3 Å². The van der Waals surface area contributed by atoms with E-state index in [9.17, 15) is 19.5 Å². The molecule has 1 amide bonds. The lowest BCUT2D eigenvalue weighted by Crippen LogP contribution is -2.40. The summed E-state index contributed by atoms with van der Waals surface area (Å²) < 4.78 is 13.8. The van der Waals surface area contributed by atoms with Crippen LogP contribution < -0.4 is 11.2 Å². The third-order valence-corrected chi connectivity index (χ3v) is 5.21. The number of aryl methyl sites for hydroxylation is 1. The number of carbonyl (C=O) groups is 1. The number of aromatic nitrogens is 5. The molecule has 0 spiro atoms. The zero-order valence-electron chi connectivity index (χ0n) is 15.9. The minimum absolute atomic E-state index is 0.198. The number of hydrogen-bond donors (Lipinski definition) is 2. The van der Waals surface area contributed by atoms with Gasteiger partial charge in [0.15, 0.2) is 5.69 Å². The van der Waals surface area contributed by atoms with Crippen LogP contribution in [-0.4, -0.2) is 79.5 Å². The predicted octanol–water partition coefficient (Wildman–Crippen LogP) is -1.57. The lowest BCUT2D eigenvalue weighted by atomic mass is 10.1. The fraction of sp³-hybridized carbons (Fsp3) is 0.588. The van der Waals surface area contributed by atoms with Gasteiger partial charge >= 0.3 is 5.69 Å². The first kappa shape index (κ1) is 19.5. The van der Waals surface area contributed by atoms with Crippen LogP contribution in [0.4, 0.5) is 0 Å². The van der Waals surface area contributed by atoms with Gasteiger partial charge < -0.3 is 19.5 Å². The number of ether oxygens (including phenoxy) is 2. The van der Waals surface area contributed by atoms with Crippen LogP contribution in [0.25, 0.3) is 0 Å². The van der Waals surface area contributed by atoms with Crippen LogP contribution in [0.5, 0.6) is 0 Å². The van der Waals surface area contributed by atoms with Gasteiger partial charge in [0.2, 0.25) is 0 Å². The maximum atomic E-state index is 12.6. The first-order valence-corrected chi connectivity index (χ1v) is 9.35. The molecule has 2 aliphatic rings. The lowest BCUT2D eigenvalue weighted by Gasteiger charge is -2.25. The number of aromatic amines is 1. The molecule has 29 heavy (non-hydrogen) atoms. The molecule has 0 saturated carbocycles. The van der Waals surface area contributed by atoms with Gasteiger partial charge in [-0.05, 0) is 6.92 Å². The predicted molar refractivity (Wildman–Crippen MR) is 97.5 cm³/mol. The Kier molecular flexibility index (Phi) is 5.30. The number of aliphatic hydroxyl groups excluding tert-OH is 1. The van der Waals surface area contributed by atoms with Crippen LogP contribution in [0.2, 0.25) is 0 Å². The van der Waals surface area contributed by atoms with Crippen LogP contribution in [0.3, 0.4) is 0 Å². The third kappa shape index (κ3) is 3.73. The van der Waals surface area contributed by atoms with E-state index >= 15 is 0 Å². The van der Waals surface area contributed by atoms with Crippen molar-refractivity contribution in [1.29, 1.82) is 0 Å². The van der Waals surface area contributed by atoms with Crippen molar-refractivity contribution in [3.8, 4) is 0 Å². The number of aliphatic hydroxyl groups is 1. The Bertz CT molecular complexity index is 1010. The average Bonchev–Trinajstić information content (AvgIpc) is 3.37. The highest BCUT2D eigenvalue weighted by Gasteiger charge is 2.38. The van der Waals surface area contributed by atoms with Gasteiger partial charge in [0.25, 0.3) is 11.5 Å². The number of nitrogens with zero attached hydrogens (tertiary/aromatic N) is 5. The summed E-state index contributed by atoms with van der Waals surface area (Å²) in [5.74, 6) is -0.233. The van der Waals surface area contributed by atoms with Gasteiger partial charge in [0, 0.05) is 31.3 Å². The van der Waals surface area contributed by atoms with Gasteiger partial charge in [0.1, 0.15) is 12.3 Å². The van der Waals surface area contributed by atoms with E-state index in [1.165, 1.54) is 21.6 Å². The topological polar surface area (TPSA) is 145 Å². The van der Waals surface area contributed by atoms with Gasteiger partial charge in [-0.3, -0.25) is 19.1 Å². The molecule has 0 radical (unpaired) electrons. The first-order chi connectivity index (χ1) is 14.0. The standard InChI is InChI=1S/C17H22N6O6/c1-10-7-22(17(27)18-15(10)25)14-6-12(13(9-24)29-14)23-8-11(19-20-23)16(26)21-2-4-28-5-3-21/h7-8,12-14,24H,2-6,9H2,1H3,(H,18,25,27)/t12-,13+,14+/m0/s1. The molecule has 12 nitrogen and oxygen atoms in total. The van der Waals surface area contributed by atoms with Crippen molar-refractivity contribution in [3.05, 3.63) is 44.5 Å². The molecule has 0 aliphatic carbocycles. The normalized spacial score (nSPS) is 24.8. The summed E-state index contributed by atoms with van der Waals surface area (Å²) in [7, 11) is 0. The van der Waals surface area contributed by atoms with Gasteiger partial charge in [-0.15, -0.1) is 5.10 Å². The first-order valence-electron chi connectivity index (χ1n) is 9.35. The number of carbonyl (C=O) groups excluding carboxylic acids is 1. The van der Waals surface area contributed by atoms with Crippen molar-refractivity contribution in [2.24, 2.45) is 0 Å². The van der Waals surface area contributed by atoms with Crippen LogP contribution in [0.1, 0.15) is 34.7 Å². The summed E-state index contributed by atoms with van der Waals surface area (Å²) in [6.07, 6.45) is 1.93. The summed E-state index contributed by atoms with van der Waals surface area (Å²) in [4.78, 5) is 40.2. The molecular weight excluding hydrogens is 384 g/mol. The monoisotopic (exact) mass is 406 g/mol. The van der Waals surface area contributed by atoms with E-state index in [-0.39, 0.29) is 18.2 Å². The summed E-state index contributed by atoms with van der Waals surface area (Å²) in [6, 6.07) is -0.428.